The van der Waals surface area contributed by atoms with Gasteiger partial charge in [-0.3, -0.25) is 0 Å². The van der Waals surface area contributed by atoms with E-state index >= 15 is 0 Å². The van der Waals surface area contributed by atoms with E-state index in [9.17, 15) is 9.59 Å². The fraction of sp³-hybridized carbons (Fsp3) is 0.800. The van der Waals surface area contributed by atoms with Gasteiger partial charge in [0.15, 0.2) is 0 Å². The zero-order chi connectivity index (χ0) is 18.0. The van der Waals surface area contributed by atoms with Gasteiger partial charge in [0.05, 0.1) is 6.61 Å². The van der Waals surface area contributed by atoms with E-state index in [-0.39, 0.29) is 6.10 Å². The number of carbonyl (C=O) groups excluding carboxylic acids is 2. The predicted octanol–water partition coefficient (Wildman–Crippen LogP) is 5.35. The number of rotatable bonds is 15. The van der Waals surface area contributed by atoms with Crippen LogP contribution in [0.5, 0.6) is 0 Å². The van der Waals surface area contributed by atoms with Crippen LogP contribution in [0.1, 0.15) is 91.4 Å². The SMILES string of the molecule is CCCCCCCCCOC(=O)/C=C/C(=O)OC(CCC)CCC. The van der Waals surface area contributed by atoms with Gasteiger partial charge in [-0.1, -0.05) is 72.1 Å². The maximum absolute atomic E-state index is 11.7. The average molecular weight is 341 g/mol. The number of esters is 2. The van der Waals surface area contributed by atoms with Crippen LogP contribution >= 0.6 is 0 Å². The van der Waals surface area contributed by atoms with Gasteiger partial charge in [-0.05, 0) is 19.3 Å². The number of hydrogen-bond acceptors (Lipinski definition) is 4. The molecule has 4 nitrogen and oxygen atoms in total. The van der Waals surface area contributed by atoms with E-state index in [1.165, 1.54) is 44.3 Å². The normalized spacial score (nSPS) is 11.2. The Bertz CT molecular complexity index is 344. The highest BCUT2D eigenvalue weighted by Crippen LogP contribution is 2.10. The molecular formula is C20H36O4. The molecule has 0 aliphatic heterocycles. The summed E-state index contributed by atoms with van der Waals surface area (Å²) in [5.74, 6) is -0.935. The topological polar surface area (TPSA) is 52.6 Å². The molecular weight excluding hydrogens is 304 g/mol. The first-order chi connectivity index (χ1) is 11.6. The van der Waals surface area contributed by atoms with Crippen LogP contribution < -0.4 is 0 Å². The molecule has 24 heavy (non-hydrogen) atoms. The summed E-state index contributed by atoms with van der Waals surface area (Å²) in [6, 6.07) is 0. The highest BCUT2D eigenvalue weighted by Gasteiger charge is 2.11. The van der Waals surface area contributed by atoms with E-state index in [2.05, 4.69) is 20.8 Å². The minimum atomic E-state index is -0.472. The second-order valence-corrected chi connectivity index (χ2v) is 6.26. The minimum Gasteiger partial charge on any atom is -0.463 e. The molecule has 0 saturated carbocycles. The number of hydrogen-bond donors (Lipinski definition) is 0. The van der Waals surface area contributed by atoms with E-state index in [0.29, 0.717) is 6.61 Å². The zero-order valence-corrected chi connectivity index (χ0v) is 15.9. The third kappa shape index (κ3) is 14.3. The largest absolute Gasteiger partial charge is 0.463 e. The van der Waals surface area contributed by atoms with E-state index in [1.807, 2.05) is 0 Å². The summed E-state index contributed by atoms with van der Waals surface area (Å²) in [7, 11) is 0. The summed E-state index contributed by atoms with van der Waals surface area (Å²) in [6.45, 7) is 6.75. The van der Waals surface area contributed by atoms with Crippen LogP contribution in [0.4, 0.5) is 0 Å². The van der Waals surface area contributed by atoms with Crippen molar-refractivity contribution < 1.29 is 19.1 Å². The van der Waals surface area contributed by atoms with Crippen molar-refractivity contribution in [2.45, 2.75) is 97.5 Å². The van der Waals surface area contributed by atoms with Crippen LogP contribution in [0.15, 0.2) is 12.2 Å². The molecule has 0 aliphatic carbocycles. The van der Waals surface area contributed by atoms with Crippen molar-refractivity contribution in [2.75, 3.05) is 6.61 Å². The van der Waals surface area contributed by atoms with Crippen LogP contribution in [0.3, 0.4) is 0 Å². The Morgan fingerprint density at radius 1 is 0.750 bits per heavy atom. The Balaban J connectivity index is 3.77. The van der Waals surface area contributed by atoms with Crippen LogP contribution in [-0.2, 0) is 19.1 Å². The van der Waals surface area contributed by atoms with Gasteiger partial charge in [-0.25, -0.2) is 9.59 Å². The number of unbranched alkanes of at least 4 members (excludes halogenated alkanes) is 6. The van der Waals surface area contributed by atoms with Crippen molar-refractivity contribution in [3.05, 3.63) is 12.2 Å². The first kappa shape index (κ1) is 22.7. The molecule has 0 aliphatic rings. The van der Waals surface area contributed by atoms with Gasteiger partial charge in [-0.2, -0.15) is 0 Å². The molecule has 0 saturated heterocycles. The summed E-state index contributed by atoms with van der Waals surface area (Å²) in [5.41, 5.74) is 0. The molecule has 0 rings (SSSR count). The van der Waals surface area contributed by atoms with Crippen molar-refractivity contribution in [1.82, 2.24) is 0 Å². The smallest absolute Gasteiger partial charge is 0.331 e. The van der Waals surface area contributed by atoms with Crippen LogP contribution in [-0.4, -0.2) is 24.6 Å². The second-order valence-electron chi connectivity index (χ2n) is 6.26. The molecule has 0 spiro atoms. The molecule has 0 N–H and O–H groups in total. The third-order valence-corrected chi connectivity index (χ3v) is 3.85. The molecule has 0 aromatic heterocycles. The van der Waals surface area contributed by atoms with Gasteiger partial charge in [0.25, 0.3) is 0 Å². The van der Waals surface area contributed by atoms with Crippen molar-refractivity contribution in [3.8, 4) is 0 Å². The number of carbonyl (C=O) groups is 2. The van der Waals surface area contributed by atoms with Gasteiger partial charge in [-0.15, -0.1) is 0 Å². The monoisotopic (exact) mass is 340 g/mol. The molecule has 0 fully saturated rings. The van der Waals surface area contributed by atoms with Gasteiger partial charge < -0.3 is 9.47 Å². The van der Waals surface area contributed by atoms with Gasteiger partial charge in [0.1, 0.15) is 6.10 Å². The number of ether oxygens (including phenoxy) is 2. The highest BCUT2D eigenvalue weighted by atomic mass is 16.5. The second kappa shape index (κ2) is 16.5. The fourth-order valence-corrected chi connectivity index (χ4v) is 2.53. The zero-order valence-electron chi connectivity index (χ0n) is 15.9. The lowest BCUT2D eigenvalue weighted by Crippen LogP contribution is -2.16. The standard InChI is InChI=1S/C20H36O4/c1-4-7-8-9-10-11-12-17-23-19(21)15-16-20(22)24-18(13-5-2)14-6-3/h15-16,18H,4-14,17H2,1-3H3/b16-15+. The average Bonchev–Trinajstić information content (AvgIpc) is 2.56. The summed E-state index contributed by atoms with van der Waals surface area (Å²) < 4.78 is 10.4. The van der Waals surface area contributed by atoms with Crippen molar-refractivity contribution in [2.24, 2.45) is 0 Å². The van der Waals surface area contributed by atoms with Crippen LogP contribution in [0.25, 0.3) is 0 Å². The van der Waals surface area contributed by atoms with Gasteiger partial charge in [0, 0.05) is 12.2 Å². The van der Waals surface area contributed by atoms with Crippen molar-refractivity contribution in [1.29, 1.82) is 0 Å². The Morgan fingerprint density at radius 2 is 1.29 bits per heavy atom. The lowest BCUT2D eigenvalue weighted by Gasteiger charge is -2.14. The maximum Gasteiger partial charge on any atom is 0.331 e. The predicted molar refractivity (Wildman–Crippen MR) is 97.8 cm³/mol. The quantitative estimate of drug-likeness (QED) is 0.229. The molecule has 0 atom stereocenters. The van der Waals surface area contributed by atoms with Gasteiger partial charge in [0.2, 0.25) is 0 Å². The molecule has 0 heterocycles. The van der Waals surface area contributed by atoms with Gasteiger partial charge >= 0.3 is 11.9 Å². The molecule has 0 unspecified atom stereocenters. The summed E-state index contributed by atoms with van der Waals surface area (Å²) in [5, 5.41) is 0. The maximum atomic E-state index is 11.7. The Kier molecular flexibility index (Phi) is 15.6. The molecule has 0 bridgehead atoms. The lowest BCUT2D eigenvalue weighted by atomic mass is 10.1. The van der Waals surface area contributed by atoms with E-state index in [0.717, 1.165) is 38.5 Å². The van der Waals surface area contributed by atoms with E-state index in [4.69, 9.17) is 9.47 Å². The van der Waals surface area contributed by atoms with Crippen LogP contribution in [0, 0.1) is 0 Å². The Morgan fingerprint density at radius 3 is 1.88 bits per heavy atom. The lowest BCUT2D eigenvalue weighted by molar-refractivity contribution is -0.144. The molecule has 0 aromatic carbocycles. The van der Waals surface area contributed by atoms with Crippen molar-refractivity contribution >= 4 is 11.9 Å². The Hall–Kier alpha value is -1.32. The molecule has 4 heteroatoms. The fourth-order valence-electron chi connectivity index (χ4n) is 2.53. The minimum absolute atomic E-state index is 0.0547. The first-order valence-corrected chi connectivity index (χ1v) is 9.69. The highest BCUT2D eigenvalue weighted by molar-refractivity contribution is 5.91. The van der Waals surface area contributed by atoms with Crippen LogP contribution in [0.2, 0.25) is 0 Å². The van der Waals surface area contributed by atoms with E-state index in [1.54, 1.807) is 0 Å². The molecule has 140 valence electrons. The Labute approximate surface area is 148 Å². The third-order valence-electron chi connectivity index (χ3n) is 3.85. The van der Waals surface area contributed by atoms with Crippen molar-refractivity contribution in [3.63, 3.8) is 0 Å². The summed E-state index contributed by atoms with van der Waals surface area (Å²) in [4.78, 5) is 23.2. The molecule has 0 amide bonds. The summed E-state index contributed by atoms with van der Waals surface area (Å²) in [6.07, 6.45) is 14.2. The first-order valence-electron chi connectivity index (χ1n) is 9.69. The molecule has 0 aromatic rings. The van der Waals surface area contributed by atoms with E-state index < -0.39 is 11.9 Å². The summed E-state index contributed by atoms with van der Waals surface area (Å²) >= 11 is 0. The molecule has 0 radical (unpaired) electrons.